The Labute approximate surface area is 180 Å². The van der Waals surface area contributed by atoms with Crippen LogP contribution in [-0.4, -0.2) is 19.0 Å². The second-order valence-corrected chi connectivity index (χ2v) is 7.74. The molecular formula is C27H32O3. The van der Waals surface area contributed by atoms with Crippen LogP contribution < -0.4 is 4.74 Å². The van der Waals surface area contributed by atoms with Crippen molar-refractivity contribution in [1.82, 2.24) is 0 Å². The summed E-state index contributed by atoms with van der Waals surface area (Å²) in [6, 6.07) is 27.0. The summed E-state index contributed by atoms with van der Waals surface area (Å²) < 4.78 is 17.7. The molecule has 0 bridgehead atoms. The maximum atomic E-state index is 5.95. The molecular weight excluding hydrogens is 372 g/mol. The third-order valence-electron chi connectivity index (χ3n) is 4.98. The first-order chi connectivity index (χ1) is 14.6. The van der Waals surface area contributed by atoms with Crippen molar-refractivity contribution < 1.29 is 14.2 Å². The van der Waals surface area contributed by atoms with Crippen LogP contribution in [0.15, 0.2) is 78.9 Å². The third-order valence-corrected chi connectivity index (χ3v) is 4.98. The number of hydrogen-bond acceptors (Lipinski definition) is 3. The lowest BCUT2D eigenvalue weighted by Crippen LogP contribution is -2.22. The van der Waals surface area contributed by atoms with Crippen LogP contribution in [0.25, 0.3) is 0 Å². The number of hydrogen-bond donors (Lipinski definition) is 0. The molecule has 0 spiro atoms. The topological polar surface area (TPSA) is 27.7 Å². The predicted octanol–water partition coefficient (Wildman–Crippen LogP) is 6.13. The molecule has 3 aromatic carbocycles. The van der Waals surface area contributed by atoms with Crippen molar-refractivity contribution in [2.75, 3.05) is 6.61 Å². The van der Waals surface area contributed by atoms with E-state index in [4.69, 9.17) is 14.2 Å². The monoisotopic (exact) mass is 404 g/mol. The Morgan fingerprint density at radius 2 is 1.40 bits per heavy atom. The van der Waals surface area contributed by atoms with Crippen LogP contribution in [0.4, 0.5) is 0 Å². The van der Waals surface area contributed by atoms with Crippen molar-refractivity contribution in [2.24, 2.45) is 0 Å². The average molecular weight is 405 g/mol. The average Bonchev–Trinajstić information content (AvgIpc) is 2.75. The molecule has 0 amide bonds. The van der Waals surface area contributed by atoms with Gasteiger partial charge in [-0.1, -0.05) is 72.3 Å². The zero-order chi connectivity index (χ0) is 21.2. The van der Waals surface area contributed by atoms with Crippen molar-refractivity contribution in [3.8, 4) is 5.75 Å². The fourth-order valence-electron chi connectivity index (χ4n) is 3.31. The Hall–Kier alpha value is -2.62. The summed E-state index contributed by atoms with van der Waals surface area (Å²) in [5, 5.41) is 0. The van der Waals surface area contributed by atoms with Crippen LogP contribution in [0.3, 0.4) is 0 Å². The lowest BCUT2D eigenvalue weighted by atomic mass is 10.1. The highest BCUT2D eigenvalue weighted by molar-refractivity contribution is 5.28. The highest BCUT2D eigenvalue weighted by Crippen LogP contribution is 2.15. The number of ether oxygens (including phenoxy) is 3. The highest BCUT2D eigenvalue weighted by atomic mass is 16.7. The second-order valence-electron chi connectivity index (χ2n) is 7.74. The zero-order valence-corrected chi connectivity index (χ0v) is 18.2. The van der Waals surface area contributed by atoms with E-state index in [1.807, 2.05) is 25.1 Å². The molecule has 3 heteroatoms. The molecule has 3 nitrogen and oxygen atoms in total. The van der Waals surface area contributed by atoms with Crippen molar-refractivity contribution >= 4 is 0 Å². The van der Waals surface area contributed by atoms with Gasteiger partial charge >= 0.3 is 0 Å². The van der Waals surface area contributed by atoms with Gasteiger partial charge in [0.05, 0.1) is 12.7 Å². The van der Waals surface area contributed by atoms with Gasteiger partial charge in [-0.25, -0.2) is 0 Å². The van der Waals surface area contributed by atoms with E-state index < -0.39 is 0 Å². The number of rotatable bonds is 11. The third kappa shape index (κ3) is 7.66. The van der Waals surface area contributed by atoms with Crippen LogP contribution in [0, 0.1) is 6.92 Å². The minimum absolute atomic E-state index is 0.118. The van der Waals surface area contributed by atoms with Crippen molar-refractivity contribution in [3.63, 3.8) is 0 Å². The summed E-state index contributed by atoms with van der Waals surface area (Å²) in [6.07, 6.45) is 1.63. The van der Waals surface area contributed by atoms with Gasteiger partial charge in [-0.05, 0) is 62.4 Å². The molecule has 0 heterocycles. The van der Waals surface area contributed by atoms with E-state index in [9.17, 15) is 0 Å². The standard InChI is InChI=1S/C27H32O3/c1-21-9-11-26(12-10-21)20-29-27-15-13-24(14-16-27)17-18-28-23(3)30-22(2)19-25-7-5-4-6-8-25/h4-16,22-23H,17-20H2,1-3H3. The van der Waals surface area contributed by atoms with Crippen LogP contribution in [0.5, 0.6) is 5.75 Å². The normalized spacial score (nSPS) is 13.0. The van der Waals surface area contributed by atoms with E-state index in [-0.39, 0.29) is 12.4 Å². The smallest absolute Gasteiger partial charge is 0.155 e. The molecule has 0 aliphatic carbocycles. The number of benzene rings is 3. The molecule has 0 N–H and O–H groups in total. The Morgan fingerprint density at radius 3 is 2.10 bits per heavy atom. The van der Waals surface area contributed by atoms with Gasteiger partial charge in [-0.2, -0.15) is 0 Å². The first-order valence-electron chi connectivity index (χ1n) is 10.7. The molecule has 2 atom stereocenters. The first-order valence-corrected chi connectivity index (χ1v) is 10.7. The maximum absolute atomic E-state index is 5.95. The van der Waals surface area contributed by atoms with Gasteiger partial charge < -0.3 is 14.2 Å². The van der Waals surface area contributed by atoms with E-state index >= 15 is 0 Å². The van der Waals surface area contributed by atoms with Gasteiger partial charge in [0.25, 0.3) is 0 Å². The van der Waals surface area contributed by atoms with Crippen molar-refractivity contribution in [1.29, 1.82) is 0 Å². The van der Waals surface area contributed by atoms with Gasteiger partial charge in [0.2, 0.25) is 0 Å². The van der Waals surface area contributed by atoms with Gasteiger partial charge in [0.1, 0.15) is 12.4 Å². The molecule has 0 radical (unpaired) electrons. The van der Waals surface area contributed by atoms with Crippen LogP contribution >= 0.6 is 0 Å². The summed E-state index contributed by atoms with van der Waals surface area (Å²) in [7, 11) is 0. The lowest BCUT2D eigenvalue weighted by Gasteiger charge is -2.19. The summed E-state index contributed by atoms with van der Waals surface area (Å²) in [4.78, 5) is 0. The highest BCUT2D eigenvalue weighted by Gasteiger charge is 2.10. The van der Waals surface area contributed by atoms with Crippen LogP contribution in [0.1, 0.15) is 36.1 Å². The molecule has 2 unspecified atom stereocenters. The minimum Gasteiger partial charge on any atom is -0.489 e. The molecule has 0 aromatic heterocycles. The molecule has 30 heavy (non-hydrogen) atoms. The summed E-state index contributed by atoms with van der Waals surface area (Å²) in [5.41, 5.74) is 4.94. The van der Waals surface area contributed by atoms with E-state index in [1.165, 1.54) is 22.3 Å². The Bertz CT molecular complexity index is 857. The van der Waals surface area contributed by atoms with Gasteiger partial charge in [-0.15, -0.1) is 0 Å². The van der Waals surface area contributed by atoms with Gasteiger partial charge in [0.15, 0.2) is 6.29 Å². The Kier molecular flexibility index (Phi) is 8.49. The van der Waals surface area contributed by atoms with Crippen LogP contribution in [-0.2, 0) is 28.9 Å². The largest absolute Gasteiger partial charge is 0.489 e. The molecule has 0 aliphatic heterocycles. The van der Waals surface area contributed by atoms with E-state index in [0.717, 1.165) is 18.6 Å². The molecule has 0 saturated carbocycles. The number of aryl methyl sites for hydroxylation is 1. The fourth-order valence-corrected chi connectivity index (χ4v) is 3.31. The Balaban J connectivity index is 1.34. The molecule has 0 aliphatic rings. The fraction of sp³-hybridized carbons (Fsp3) is 0.333. The summed E-state index contributed by atoms with van der Waals surface area (Å²) >= 11 is 0. The lowest BCUT2D eigenvalue weighted by molar-refractivity contribution is -0.154. The first kappa shape index (κ1) is 22.1. The quantitative estimate of drug-likeness (QED) is 0.360. The van der Waals surface area contributed by atoms with Crippen molar-refractivity contribution in [3.05, 3.63) is 101 Å². The molecule has 3 rings (SSSR count). The SMILES string of the molecule is Cc1ccc(COc2ccc(CCOC(C)OC(C)Cc3ccccc3)cc2)cc1. The minimum atomic E-state index is -0.221. The van der Waals surface area contributed by atoms with Crippen molar-refractivity contribution in [2.45, 2.75) is 52.6 Å². The molecule has 158 valence electrons. The Morgan fingerprint density at radius 1 is 0.733 bits per heavy atom. The van der Waals surface area contributed by atoms with Gasteiger partial charge in [-0.3, -0.25) is 0 Å². The van der Waals surface area contributed by atoms with E-state index in [2.05, 4.69) is 74.5 Å². The van der Waals surface area contributed by atoms with E-state index in [0.29, 0.717) is 13.2 Å². The maximum Gasteiger partial charge on any atom is 0.155 e. The van der Waals surface area contributed by atoms with Gasteiger partial charge in [0, 0.05) is 0 Å². The zero-order valence-electron chi connectivity index (χ0n) is 18.2. The van der Waals surface area contributed by atoms with E-state index in [1.54, 1.807) is 0 Å². The predicted molar refractivity (Wildman–Crippen MR) is 122 cm³/mol. The van der Waals surface area contributed by atoms with Crippen LogP contribution in [0.2, 0.25) is 0 Å². The second kappa shape index (κ2) is 11.5. The molecule has 3 aromatic rings. The summed E-state index contributed by atoms with van der Waals surface area (Å²) in [5.74, 6) is 0.881. The molecule has 0 fully saturated rings. The molecule has 0 saturated heterocycles. The summed E-state index contributed by atoms with van der Waals surface area (Å²) in [6.45, 7) is 7.35.